The van der Waals surface area contributed by atoms with Crippen LogP contribution in [0.4, 0.5) is 11.4 Å². The zero-order valence-electron chi connectivity index (χ0n) is 14.4. The Balaban J connectivity index is 1.43. The predicted octanol–water partition coefficient (Wildman–Crippen LogP) is 2.88. The van der Waals surface area contributed by atoms with Crippen molar-refractivity contribution in [1.82, 2.24) is 4.98 Å². The molecule has 1 aliphatic heterocycles. The molecular weight excluding hydrogens is 330 g/mol. The second-order valence-corrected chi connectivity index (χ2v) is 5.98. The van der Waals surface area contributed by atoms with Crippen LogP contribution in [0.5, 0.6) is 0 Å². The molecule has 6 heteroatoms. The van der Waals surface area contributed by atoms with Gasteiger partial charge < -0.3 is 15.0 Å². The van der Waals surface area contributed by atoms with E-state index in [-0.39, 0.29) is 12.5 Å². The summed E-state index contributed by atoms with van der Waals surface area (Å²) in [6.45, 7) is 1.82. The van der Waals surface area contributed by atoms with Gasteiger partial charge in [0.15, 0.2) is 6.61 Å². The minimum absolute atomic E-state index is 0.334. The van der Waals surface area contributed by atoms with E-state index in [0.29, 0.717) is 11.4 Å². The molecule has 0 bridgehead atoms. The first-order chi connectivity index (χ1) is 12.7. The topological polar surface area (TPSA) is 71.5 Å². The number of amides is 1. The van der Waals surface area contributed by atoms with E-state index in [1.165, 1.54) is 25.0 Å². The van der Waals surface area contributed by atoms with E-state index in [4.69, 9.17) is 4.74 Å². The maximum atomic E-state index is 11.9. The monoisotopic (exact) mass is 351 g/mol. The Kier molecular flexibility index (Phi) is 5.98. The Morgan fingerprint density at radius 3 is 2.58 bits per heavy atom. The Morgan fingerprint density at radius 2 is 1.88 bits per heavy atom. The first kappa shape index (κ1) is 17.7. The Labute approximate surface area is 152 Å². The summed E-state index contributed by atoms with van der Waals surface area (Å²) in [5.74, 6) is -0.964. The summed E-state index contributed by atoms with van der Waals surface area (Å²) in [4.78, 5) is 29.9. The van der Waals surface area contributed by atoms with Crippen molar-refractivity contribution >= 4 is 29.3 Å². The average molecular weight is 351 g/mol. The molecule has 3 rings (SSSR count). The van der Waals surface area contributed by atoms with Crippen molar-refractivity contribution in [1.29, 1.82) is 0 Å². The summed E-state index contributed by atoms with van der Waals surface area (Å²) in [6, 6.07) is 13.1. The van der Waals surface area contributed by atoms with Crippen molar-refractivity contribution in [3.63, 3.8) is 0 Å². The zero-order chi connectivity index (χ0) is 18.2. The normalized spacial score (nSPS) is 13.8. The van der Waals surface area contributed by atoms with Gasteiger partial charge in [-0.15, -0.1) is 0 Å². The number of anilines is 2. The standard InChI is InChI=1S/C20H21N3O3/c24-19(15-26-20(25)11-8-16-5-1-2-12-21-16)22-17-6-9-18(10-7-17)23-13-3-4-14-23/h1-2,5-12H,3-4,13-15H2,(H,22,24). The second-order valence-electron chi connectivity index (χ2n) is 5.98. The largest absolute Gasteiger partial charge is 0.452 e. The fraction of sp³-hybridized carbons (Fsp3) is 0.250. The Bertz CT molecular complexity index is 767. The third kappa shape index (κ3) is 5.17. The third-order valence-corrected chi connectivity index (χ3v) is 4.05. The fourth-order valence-corrected chi connectivity index (χ4v) is 2.74. The van der Waals surface area contributed by atoms with Crippen LogP contribution in [-0.4, -0.2) is 36.6 Å². The van der Waals surface area contributed by atoms with Crippen LogP contribution in [0.1, 0.15) is 18.5 Å². The molecule has 0 unspecified atom stereocenters. The van der Waals surface area contributed by atoms with Gasteiger partial charge in [0, 0.05) is 36.7 Å². The molecule has 1 amide bonds. The van der Waals surface area contributed by atoms with Gasteiger partial charge in [-0.3, -0.25) is 9.78 Å². The molecule has 134 valence electrons. The number of benzene rings is 1. The van der Waals surface area contributed by atoms with Gasteiger partial charge in [-0.25, -0.2) is 4.79 Å². The smallest absolute Gasteiger partial charge is 0.331 e. The molecule has 1 aromatic heterocycles. The number of nitrogens with zero attached hydrogens (tertiary/aromatic N) is 2. The number of ether oxygens (including phenoxy) is 1. The van der Waals surface area contributed by atoms with Gasteiger partial charge in [0.25, 0.3) is 5.91 Å². The summed E-state index contributed by atoms with van der Waals surface area (Å²) in [7, 11) is 0. The van der Waals surface area contributed by atoms with E-state index >= 15 is 0 Å². The third-order valence-electron chi connectivity index (χ3n) is 4.05. The van der Waals surface area contributed by atoms with Crippen molar-refractivity contribution < 1.29 is 14.3 Å². The highest BCUT2D eigenvalue weighted by Gasteiger charge is 2.12. The van der Waals surface area contributed by atoms with Crippen molar-refractivity contribution in [3.8, 4) is 0 Å². The quantitative estimate of drug-likeness (QED) is 0.640. The Morgan fingerprint density at radius 1 is 1.12 bits per heavy atom. The van der Waals surface area contributed by atoms with Gasteiger partial charge >= 0.3 is 5.97 Å². The average Bonchev–Trinajstić information content (AvgIpc) is 3.21. The van der Waals surface area contributed by atoms with E-state index in [9.17, 15) is 9.59 Å². The van der Waals surface area contributed by atoms with Gasteiger partial charge in [-0.05, 0) is 55.3 Å². The predicted molar refractivity (Wildman–Crippen MR) is 101 cm³/mol. The van der Waals surface area contributed by atoms with Crippen LogP contribution >= 0.6 is 0 Å². The van der Waals surface area contributed by atoms with Crippen LogP contribution < -0.4 is 10.2 Å². The van der Waals surface area contributed by atoms with Crippen LogP contribution in [0.25, 0.3) is 6.08 Å². The highest BCUT2D eigenvalue weighted by Crippen LogP contribution is 2.21. The molecule has 1 aliphatic rings. The number of carbonyl (C=O) groups is 2. The zero-order valence-corrected chi connectivity index (χ0v) is 14.4. The maximum absolute atomic E-state index is 11.9. The van der Waals surface area contributed by atoms with Gasteiger partial charge in [-0.1, -0.05) is 6.07 Å². The first-order valence-corrected chi connectivity index (χ1v) is 8.61. The maximum Gasteiger partial charge on any atom is 0.331 e. The van der Waals surface area contributed by atoms with Crippen LogP contribution in [0, 0.1) is 0 Å². The molecule has 0 spiro atoms. The van der Waals surface area contributed by atoms with Crippen molar-refractivity contribution in [2.75, 3.05) is 29.9 Å². The lowest BCUT2D eigenvalue weighted by Gasteiger charge is -2.17. The number of carbonyl (C=O) groups excluding carboxylic acids is 2. The molecule has 0 atom stereocenters. The second kappa shape index (κ2) is 8.80. The molecule has 1 saturated heterocycles. The molecular formula is C20H21N3O3. The molecule has 0 aliphatic carbocycles. The highest BCUT2D eigenvalue weighted by molar-refractivity contribution is 5.94. The number of pyridine rings is 1. The van der Waals surface area contributed by atoms with Crippen molar-refractivity contribution in [2.45, 2.75) is 12.8 Å². The first-order valence-electron chi connectivity index (χ1n) is 8.61. The lowest BCUT2D eigenvalue weighted by atomic mass is 10.2. The number of hydrogen-bond donors (Lipinski definition) is 1. The van der Waals surface area contributed by atoms with Gasteiger partial charge in [0.1, 0.15) is 0 Å². The van der Waals surface area contributed by atoms with Crippen LogP contribution in [0.3, 0.4) is 0 Å². The van der Waals surface area contributed by atoms with E-state index in [0.717, 1.165) is 18.8 Å². The molecule has 0 radical (unpaired) electrons. The van der Waals surface area contributed by atoms with E-state index in [2.05, 4.69) is 15.2 Å². The summed E-state index contributed by atoms with van der Waals surface area (Å²) in [5, 5.41) is 2.72. The molecule has 1 fully saturated rings. The highest BCUT2D eigenvalue weighted by atomic mass is 16.5. The van der Waals surface area contributed by atoms with Gasteiger partial charge in [0.2, 0.25) is 0 Å². The molecule has 6 nitrogen and oxygen atoms in total. The van der Waals surface area contributed by atoms with Crippen molar-refractivity contribution in [2.24, 2.45) is 0 Å². The summed E-state index contributed by atoms with van der Waals surface area (Å²) < 4.78 is 4.93. The number of rotatable bonds is 6. The van der Waals surface area contributed by atoms with E-state index in [1.54, 1.807) is 18.3 Å². The molecule has 1 aromatic carbocycles. The summed E-state index contributed by atoms with van der Waals surface area (Å²) in [6.07, 6.45) is 6.86. The molecule has 26 heavy (non-hydrogen) atoms. The minimum atomic E-state index is -0.588. The minimum Gasteiger partial charge on any atom is -0.452 e. The summed E-state index contributed by atoms with van der Waals surface area (Å²) >= 11 is 0. The SMILES string of the molecule is O=C(COC(=O)C=Cc1ccccn1)Nc1ccc(N2CCCC2)cc1. The van der Waals surface area contributed by atoms with Crippen molar-refractivity contribution in [3.05, 3.63) is 60.4 Å². The lowest BCUT2D eigenvalue weighted by Crippen LogP contribution is -2.20. The number of aromatic nitrogens is 1. The van der Waals surface area contributed by atoms with E-state index < -0.39 is 5.97 Å². The Hall–Kier alpha value is -3.15. The number of hydrogen-bond acceptors (Lipinski definition) is 5. The number of esters is 1. The van der Waals surface area contributed by atoms with Crippen LogP contribution in [0.15, 0.2) is 54.7 Å². The van der Waals surface area contributed by atoms with Gasteiger partial charge in [0.05, 0.1) is 5.69 Å². The molecule has 2 heterocycles. The molecule has 2 aromatic rings. The number of nitrogens with one attached hydrogen (secondary N) is 1. The van der Waals surface area contributed by atoms with E-state index in [1.807, 2.05) is 30.3 Å². The van der Waals surface area contributed by atoms with Gasteiger partial charge in [-0.2, -0.15) is 0 Å². The molecule has 1 N–H and O–H groups in total. The lowest BCUT2D eigenvalue weighted by molar-refractivity contribution is -0.142. The van der Waals surface area contributed by atoms with Crippen LogP contribution in [0.2, 0.25) is 0 Å². The van der Waals surface area contributed by atoms with Crippen LogP contribution in [-0.2, 0) is 14.3 Å². The summed E-state index contributed by atoms with van der Waals surface area (Å²) in [5.41, 5.74) is 2.48. The fourth-order valence-electron chi connectivity index (χ4n) is 2.74. The molecule has 0 saturated carbocycles.